The van der Waals surface area contributed by atoms with Crippen LogP contribution >= 0.6 is 0 Å². The third kappa shape index (κ3) is 7.01. The van der Waals surface area contributed by atoms with Crippen LogP contribution < -0.4 is 19.4 Å². The molecule has 0 N–H and O–H groups in total. The molecule has 5 aromatic rings. The first-order chi connectivity index (χ1) is 21.7. The molecule has 44 heavy (non-hydrogen) atoms. The standard InChI is InChI=1S/C35H37N5O4/c1-42-25-5-2-6-26-43-32-19-13-28(14-20-32)27-9-15-30(16-10-27)38-21-23-39(24-22-38)31-17-11-29(12-18-31)35(41)44-40-34-8-4-3-7-33(34)36-37-40/h3-4,7-20H,2,5-6,21-26H2,1H3. The highest BCUT2D eigenvalue weighted by atomic mass is 16.7. The summed E-state index contributed by atoms with van der Waals surface area (Å²) in [6.45, 7) is 5.16. The maximum Gasteiger partial charge on any atom is 0.365 e. The van der Waals surface area contributed by atoms with Gasteiger partial charge in [0, 0.05) is 51.3 Å². The van der Waals surface area contributed by atoms with Crippen LogP contribution in [0.5, 0.6) is 5.75 Å². The van der Waals surface area contributed by atoms with E-state index < -0.39 is 5.97 Å². The lowest BCUT2D eigenvalue weighted by atomic mass is 10.0. The van der Waals surface area contributed by atoms with Gasteiger partial charge >= 0.3 is 5.97 Å². The second kappa shape index (κ2) is 14.1. The smallest absolute Gasteiger partial charge is 0.365 e. The van der Waals surface area contributed by atoms with Gasteiger partial charge in [-0.25, -0.2) is 4.79 Å². The number of para-hydroxylation sites is 1. The highest BCUT2D eigenvalue weighted by Crippen LogP contribution is 2.27. The van der Waals surface area contributed by atoms with E-state index in [2.05, 4.69) is 56.5 Å². The van der Waals surface area contributed by atoms with Crippen LogP contribution in [0, 0.1) is 0 Å². The Morgan fingerprint density at radius 2 is 1.30 bits per heavy atom. The molecule has 4 aromatic carbocycles. The lowest BCUT2D eigenvalue weighted by Gasteiger charge is -2.37. The Bertz CT molecular complexity index is 1640. The van der Waals surface area contributed by atoms with Crippen molar-refractivity contribution in [2.75, 3.05) is 56.3 Å². The van der Waals surface area contributed by atoms with E-state index in [1.165, 1.54) is 16.8 Å². The molecule has 0 aliphatic carbocycles. The van der Waals surface area contributed by atoms with Crippen molar-refractivity contribution in [2.45, 2.75) is 19.3 Å². The second-order valence-corrected chi connectivity index (χ2v) is 10.8. The third-order valence-electron chi connectivity index (χ3n) is 7.92. The van der Waals surface area contributed by atoms with E-state index in [0.29, 0.717) is 16.6 Å². The molecule has 2 heterocycles. The van der Waals surface area contributed by atoms with Crippen LogP contribution in [0.3, 0.4) is 0 Å². The van der Waals surface area contributed by atoms with Crippen LogP contribution in [0.15, 0.2) is 97.1 Å². The molecule has 6 rings (SSSR count). The maximum absolute atomic E-state index is 12.7. The van der Waals surface area contributed by atoms with Crippen LogP contribution in [0.2, 0.25) is 0 Å². The maximum atomic E-state index is 12.7. The zero-order valence-electron chi connectivity index (χ0n) is 25.0. The molecule has 0 spiro atoms. The van der Waals surface area contributed by atoms with Gasteiger partial charge in [0.1, 0.15) is 16.8 Å². The molecule has 9 nitrogen and oxygen atoms in total. The summed E-state index contributed by atoms with van der Waals surface area (Å²) in [6, 6.07) is 32.0. The van der Waals surface area contributed by atoms with Crippen molar-refractivity contribution in [3.63, 3.8) is 0 Å². The van der Waals surface area contributed by atoms with Gasteiger partial charge in [-0.15, -0.1) is 5.10 Å². The van der Waals surface area contributed by atoms with Crippen molar-refractivity contribution in [1.82, 2.24) is 15.2 Å². The number of carbonyl (C=O) groups excluding carboxylic acids is 1. The molecule has 0 radical (unpaired) electrons. The van der Waals surface area contributed by atoms with E-state index in [4.69, 9.17) is 14.3 Å². The van der Waals surface area contributed by atoms with Crippen molar-refractivity contribution in [3.05, 3.63) is 103 Å². The van der Waals surface area contributed by atoms with Crippen molar-refractivity contribution in [2.24, 2.45) is 0 Å². The van der Waals surface area contributed by atoms with Crippen LogP contribution in [0.25, 0.3) is 22.2 Å². The first-order valence-corrected chi connectivity index (χ1v) is 15.1. The predicted octanol–water partition coefficient (Wildman–Crippen LogP) is 5.89. The quantitative estimate of drug-likeness (QED) is 0.131. The lowest BCUT2D eigenvalue weighted by Crippen LogP contribution is -2.46. The number of ether oxygens (including phenoxy) is 2. The van der Waals surface area contributed by atoms with Gasteiger partial charge in [-0.3, -0.25) is 0 Å². The number of benzene rings is 4. The topological polar surface area (TPSA) is 82.0 Å². The van der Waals surface area contributed by atoms with Crippen molar-refractivity contribution < 1.29 is 19.1 Å². The van der Waals surface area contributed by atoms with Gasteiger partial charge in [0.15, 0.2) is 0 Å². The Balaban J connectivity index is 0.977. The van der Waals surface area contributed by atoms with Gasteiger partial charge in [0.2, 0.25) is 0 Å². The number of hydrogen-bond donors (Lipinski definition) is 0. The minimum atomic E-state index is -0.478. The Morgan fingerprint density at radius 3 is 1.95 bits per heavy atom. The Kier molecular flexibility index (Phi) is 9.32. The molecular formula is C35H37N5O4. The molecular weight excluding hydrogens is 554 g/mol. The van der Waals surface area contributed by atoms with Crippen molar-refractivity contribution in [3.8, 4) is 16.9 Å². The van der Waals surface area contributed by atoms with Gasteiger partial charge in [0.05, 0.1) is 12.2 Å². The third-order valence-corrected chi connectivity index (χ3v) is 7.92. The average Bonchev–Trinajstić information content (AvgIpc) is 3.49. The zero-order chi connectivity index (χ0) is 30.1. The zero-order valence-corrected chi connectivity index (χ0v) is 25.0. The fourth-order valence-electron chi connectivity index (χ4n) is 5.40. The number of unbranched alkanes of at least 4 members (excludes halogenated alkanes) is 2. The summed E-state index contributed by atoms with van der Waals surface area (Å²) in [5.74, 6) is 0.430. The number of nitrogens with zero attached hydrogens (tertiary/aromatic N) is 5. The van der Waals surface area contributed by atoms with Gasteiger partial charge in [-0.05, 0) is 96.3 Å². The van der Waals surface area contributed by atoms with Gasteiger partial charge in [0.25, 0.3) is 0 Å². The number of piperazine rings is 1. The van der Waals surface area contributed by atoms with Gasteiger partial charge < -0.3 is 24.1 Å². The number of methoxy groups -OCH3 is 1. The molecule has 1 fully saturated rings. The summed E-state index contributed by atoms with van der Waals surface area (Å²) in [6.07, 6.45) is 3.22. The molecule has 1 aromatic heterocycles. The Hall–Kier alpha value is -4.89. The van der Waals surface area contributed by atoms with Crippen molar-refractivity contribution >= 4 is 28.4 Å². The molecule has 0 atom stereocenters. The van der Waals surface area contributed by atoms with Crippen LogP contribution in [0.1, 0.15) is 29.6 Å². The van der Waals surface area contributed by atoms with Crippen LogP contribution in [-0.2, 0) is 4.74 Å². The van der Waals surface area contributed by atoms with Crippen LogP contribution in [0.4, 0.5) is 11.4 Å². The molecule has 226 valence electrons. The number of anilines is 2. The number of fused-ring (bicyclic) bond motifs is 1. The van der Waals surface area contributed by atoms with Gasteiger partial charge in [-0.2, -0.15) is 0 Å². The molecule has 0 saturated carbocycles. The average molecular weight is 592 g/mol. The van der Waals surface area contributed by atoms with E-state index in [1.54, 1.807) is 19.2 Å². The largest absolute Gasteiger partial charge is 0.494 e. The summed E-state index contributed by atoms with van der Waals surface area (Å²) in [5.41, 5.74) is 6.45. The van der Waals surface area contributed by atoms with Gasteiger partial charge in [-0.1, -0.05) is 41.2 Å². The number of rotatable bonds is 12. The van der Waals surface area contributed by atoms with E-state index in [1.807, 2.05) is 48.5 Å². The highest BCUT2D eigenvalue weighted by molar-refractivity contribution is 5.90. The summed E-state index contributed by atoms with van der Waals surface area (Å²) >= 11 is 0. The van der Waals surface area contributed by atoms with Crippen molar-refractivity contribution in [1.29, 1.82) is 0 Å². The summed E-state index contributed by atoms with van der Waals surface area (Å²) < 4.78 is 11.0. The molecule has 1 aliphatic rings. The lowest BCUT2D eigenvalue weighted by molar-refractivity contribution is 0.0409. The Labute approximate surface area is 257 Å². The molecule has 9 heteroatoms. The molecule has 0 amide bonds. The molecule has 0 unspecified atom stereocenters. The molecule has 1 aliphatic heterocycles. The first-order valence-electron chi connectivity index (χ1n) is 15.1. The summed E-state index contributed by atoms with van der Waals surface area (Å²) in [5, 5.41) is 7.95. The highest BCUT2D eigenvalue weighted by Gasteiger charge is 2.19. The minimum Gasteiger partial charge on any atom is -0.494 e. The molecule has 0 bridgehead atoms. The second-order valence-electron chi connectivity index (χ2n) is 10.8. The fraction of sp³-hybridized carbons (Fsp3) is 0.286. The SMILES string of the molecule is COCCCCCOc1ccc(-c2ccc(N3CCN(c4ccc(C(=O)On5nnc6ccccc65)cc4)CC3)cc2)cc1. The number of carbonyl (C=O) groups is 1. The van der Waals surface area contributed by atoms with E-state index in [-0.39, 0.29) is 0 Å². The predicted molar refractivity (Wildman–Crippen MR) is 172 cm³/mol. The van der Waals surface area contributed by atoms with E-state index in [0.717, 1.165) is 74.9 Å². The number of hydrogen-bond acceptors (Lipinski definition) is 8. The fourth-order valence-corrected chi connectivity index (χ4v) is 5.40. The van der Waals surface area contributed by atoms with E-state index >= 15 is 0 Å². The molecule has 1 saturated heterocycles. The number of aromatic nitrogens is 3. The van der Waals surface area contributed by atoms with Crippen LogP contribution in [-0.4, -0.2) is 67.6 Å². The normalized spacial score (nSPS) is 13.3. The Morgan fingerprint density at radius 1 is 0.705 bits per heavy atom. The first kappa shape index (κ1) is 29.2. The summed E-state index contributed by atoms with van der Waals surface area (Å²) in [7, 11) is 1.74. The monoisotopic (exact) mass is 591 g/mol. The minimum absolute atomic E-state index is 0.461. The summed E-state index contributed by atoms with van der Waals surface area (Å²) in [4.78, 5) is 24.1. The van der Waals surface area contributed by atoms with E-state index in [9.17, 15) is 4.79 Å².